The maximum Gasteiger partial charge on any atom is 0.527 e. The molecule has 1 aromatic carbocycles. The van der Waals surface area contributed by atoms with Crippen molar-refractivity contribution >= 4 is 0 Å². The number of alkyl halides is 14. The van der Waals surface area contributed by atoms with Gasteiger partial charge in [-0.25, -0.2) is 28.6 Å². The van der Waals surface area contributed by atoms with E-state index in [0.29, 0.717) is 23.7 Å². The van der Waals surface area contributed by atoms with Crippen molar-refractivity contribution in [1.82, 2.24) is 9.97 Å². The van der Waals surface area contributed by atoms with Gasteiger partial charge in [0.15, 0.2) is 17.7 Å². The van der Waals surface area contributed by atoms with Crippen LogP contribution in [-0.2, 0) is 18.9 Å². The summed E-state index contributed by atoms with van der Waals surface area (Å²) in [6, 6.07) is 5.67. The van der Waals surface area contributed by atoms with Gasteiger partial charge in [-0.3, -0.25) is 0 Å². The molecule has 0 spiro atoms. The minimum atomic E-state index is -7.16. The second-order valence-electron chi connectivity index (χ2n) is 9.56. The molecule has 0 amide bonds. The minimum absolute atomic E-state index is 0.0481. The van der Waals surface area contributed by atoms with E-state index in [1.165, 1.54) is 36.7 Å². The van der Waals surface area contributed by atoms with Gasteiger partial charge in [0.25, 0.3) is 0 Å². The first-order valence-electron chi connectivity index (χ1n) is 13.5. The molecule has 0 aliphatic heterocycles. The van der Waals surface area contributed by atoms with Crippen molar-refractivity contribution in [3.8, 4) is 22.9 Å². The lowest BCUT2D eigenvalue weighted by Crippen LogP contribution is -2.57. The fraction of sp³-hybridized carbons (Fsp3) is 0.615. The van der Waals surface area contributed by atoms with Gasteiger partial charge in [-0.05, 0) is 30.7 Å². The predicted molar refractivity (Wildman–Crippen MR) is 132 cm³/mol. The van der Waals surface area contributed by atoms with Crippen molar-refractivity contribution in [2.24, 2.45) is 0 Å². The van der Waals surface area contributed by atoms with Crippen LogP contribution in [0.2, 0.25) is 0 Å². The van der Waals surface area contributed by atoms with E-state index in [-0.39, 0.29) is 5.75 Å². The van der Waals surface area contributed by atoms with Gasteiger partial charge in [0.05, 0.1) is 25.6 Å². The number of unbranched alkanes of at least 4 members (excludes halogenated alkanes) is 3. The number of nitrogens with zero attached hydrogens (tertiary/aromatic N) is 2. The van der Waals surface area contributed by atoms with Crippen molar-refractivity contribution in [2.45, 2.75) is 75.7 Å². The molecule has 48 heavy (non-hydrogen) atoms. The van der Waals surface area contributed by atoms with E-state index in [9.17, 15) is 61.5 Å². The number of rotatable bonds is 21. The first kappa shape index (κ1) is 40.9. The highest BCUT2D eigenvalue weighted by Gasteiger charge is 2.74. The number of ether oxygens (including phenoxy) is 6. The Bertz CT molecular complexity index is 1250. The van der Waals surface area contributed by atoms with Gasteiger partial charge in [0.2, 0.25) is 0 Å². The predicted octanol–water partition coefficient (Wildman–Crippen LogP) is 8.37. The molecule has 1 heterocycles. The molecule has 8 nitrogen and oxygen atoms in total. The molecule has 0 unspecified atom stereocenters. The average Bonchev–Trinajstić information content (AvgIpc) is 2.94. The lowest BCUT2D eigenvalue weighted by atomic mass is 10.2. The van der Waals surface area contributed by atoms with Gasteiger partial charge in [-0.15, -0.1) is 13.2 Å². The summed E-state index contributed by atoms with van der Waals surface area (Å²) in [6.07, 6.45) is -35.6. The Morgan fingerprint density at radius 2 is 1.17 bits per heavy atom. The Kier molecular flexibility index (Phi) is 14.0. The Morgan fingerprint density at radius 1 is 0.625 bits per heavy atom. The highest BCUT2D eigenvalue weighted by molar-refractivity contribution is 5.56. The molecule has 0 saturated carbocycles. The van der Waals surface area contributed by atoms with Crippen LogP contribution in [0.3, 0.4) is 0 Å². The van der Waals surface area contributed by atoms with Gasteiger partial charge in [0, 0.05) is 5.56 Å². The van der Waals surface area contributed by atoms with Gasteiger partial charge >= 0.3 is 36.9 Å². The van der Waals surface area contributed by atoms with E-state index >= 15 is 0 Å². The molecule has 2 rings (SSSR count). The van der Waals surface area contributed by atoms with Crippen molar-refractivity contribution < 1.29 is 89.9 Å². The van der Waals surface area contributed by atoms with Crippen LogP contribution in [0.5, 0.6) is 11.5 Å². The molecule has 1 aromatic heterocycles. The molecule has 0 fully saturated rings. The Balaban J connectivity index is 1.83. The third kappa shape index (κ3) is 13.0. The van der Waals surface area contributed by atoms with Crippen LogP contribution in [0.4, 0.5) is 61.5 Å². The fourth-order valence-corrected chi connectivity index (χ4v) is 3.26. The summed E-state index contributed by atoms with van der Waals surface area (Å²) in [7, 11) is 0. The summed E-state index contributed by atoms with van der Waals surface area (Å²) >= 11 is 0. The largest absolute Gasteiger partial charge is 0.527 e. The Labute approximate surface area is 262 Å². The third-order valence-electron chi connectivity index (χ3n) is 5.46. The van der Waals surface area contributed by atoms with Crippen LogP contribution >= 0.6 is 0 Å². The smallest absolute Gasteiger partial charge is 0.490 e. The molecule has 0 aliphatic rings. The normalized spacial score (nSPS) is 14.2. The molecule has 22 heteroatoms. The van der Waals surface area contributed by atoms with E-state index in [1.54, 1.807) is 9.47 Å². The molecule has 2 aromatic rings. The molecule has 0 radical (unpaired) electrons. The summed E-state index contributed by atoms with van der Waals surface area (Å²) in [5, 5.41) is 0. The highest BCUT2D eigenvalue weighted by atomic mass is 19.4. The van der Waals surface area contributed by atoms with Crippen LogP contribution in [0.1, 0.15) is 32.6 Å². The monoisotopic (exact) mass is 728 g/mol. The molecular formula is C26H26F14N2O6. The second kappa shape index (κ2) is 16.4. The van der Waals surface area contributed by atoms with E-state index < -0.39 is 62.9 Å². The molecule has 274 valence electrons. The first-order chi connectivity index (χ1) is 22.0. The summed E-state index contributed by atoms with van der Waals surface area (Å²) in [6.45, 7) is -2.08. The number of halogens is 14. The van der Waals surface area contributed by atoms with Crippen molar-refractivity contribution in [3.05, 3.63) is 36.7 Å². The third-order valence-corrected chi connectivity index (χ3v) is 5.46. The number of benzene rings is 1. The molecule has 0 N–H and O–H groups in total. The molecule has 0 bridgehead atoms. The van der Waals surface area contributed by atoms with Gasteiger partial charge in [0.1, 0.15) is 19.0 Å². The van der Waals surface area contributed by atoms with E-state index in [0.717, 1.165) is 25.7 Å². The molecule has 0 aliphatic carbocycles. The molecule has 1 atom stereocenters. The second-order valence-corrected chi connectivity index (χ2v) is 9.56. The first-order valence-corrected chi connectivity index (χ1v) is 13.5. The van der Waals surface area contributed by atoms with Crippen LogP contribution in [0.15, 0.2) is 36.7 Å². The van der Waals surface area contributed by atoms with Crippen molar-refractivity contribution in [3.63, 3.8) is 0 Å². The van der Waals surface area contributed by atoms with E-state index in [2.05, 4.69) is 26.4 Å². The summed E-state index contributed by atoms with van der Waals surface area (Å²) < 4.78 is 203. The summed E-state index contributed by atoms with van der Waals surface area (Å²) in [5.74, 6) is 0.811. The van der Waals surface area contributed by atoms with Crippen molar-refractivity contribution in [1.29, 1.82) is 0 Å². The zero-order chi connectivity index (χ0) is 36.4. The van der Waals surface area contributed by atoms with E-state index in [1.807, 2.05) is 0 Å². The maximum absolute atomic E-state index is 14.0. The summed E-state index contributed by atoms with van der Waals surface area (Å²) in [4.78, 5) is 8.34. The average molecular weight is 728 g/mol. The maximum atomic E-state index is 14.0. The number of aromatic nitrogens is 2. The highest BCUT2D eigenvalue weighted by Crippen LogP contribution is 2.48. The topological polar surface area (TPSA) is 81.2 Å². The van der Waals surface area contributed by atoms with E-state index in [4.69, 9.17) is 9.47 Å². The number of hydrogen-bond donors (Lipinski definition) is 0. The summed E-state index contributed by atoms with van der Waals surface area (Å²) in [5.41, 5.74) is 0.513. The lowest BCUT2D eigenvalue weighted by Gasteiger charge is -2.33. The number of hydrogen-bond acceptors (Lipinski definition) is 8. The minimum Gasteiger partial charge on any atom is -0.490 e. The standard InChI is InChI=1S/C26H26F14N2O6/c1-2-3-4-5-10-44-19-11-41-20(42-12-19)16-6-8-18(9-7-16)45-14-17(27)13-43-15-21(28,29)46-22(30,31)23(32,33)47-24(34,35)25(36,37)48-26(38,39)40/h6-9,11-12,17H,2-5,10,13-15H2,1H3/t17-/m0/s1. The van der Waals surface area contributed by atoms with Crippen LogP contribution in [0.25, 0.3) is 11.4 Å². The Hall–Kier alpha value is -3.24. The Morgan fingerprint density at radius 3 is 1.71 bits per heavy atom. The van der Waals surface area contributed by atoms with Crippen LogP contribution < -0.4 is 9.47 Å². The quantitative estimate of drug-likeness (QED) is 0.0938. The van der Waals surface area contributed by atoms with Crippen LogP contribution in [-0.4, -0.2) is 79.5 Å². The fourth-order valence-electron chi connectivity index (χ4n) is 3.26. The molecular weight excluding hydrogens is 702 g/mol. The molecule has 0 saturated heterocycles. The van der Waals surface area contributed by atoms with Crippen molar-refractivity contribution in [2.75, 3.05) is 26.4 Å². The SMILES string of the molecule is CCCCCCOc1cnc(-c2ccc(OC[C@@H](F)COCC(F)(F)OC(F)(F)C(F)(F)OC(F)(F)C(F)(F)OC(F)(F)F)cc2)nc1. The van der Waals surface area contributed by atoms with Crippen LogP contribution in [0, 0.1) is 0 Å². The lowest BCUT2D eigenvalue weighted by molar-refractivity contribution is -0.564. The van der Waals surface area contributed by atoms with Gasteiger partial charge in [-0.1, -0.05) is 26.2 Å². The van der Waals surface area contributed by atoms with Gasteiger partial charge in [-0.2, -0.15) is 43.9 Å². The zero-order valence-corrected chi connectivity index (χ0v) is 24.3. The van der Waals surface area contributed by atoms with Gasteiger partial charge < -0.3 is 14.2 Å². The zero-order valence-electron chi connectivity index (χ0n) is 24.3.